The van der Waals surface area contributed by atoms with E-state index in [4.69, 9.17) is 0 Å². The van der Waals surface area contributed by atoms with E-state index in [2.05, 4.69) is 23.5 Å². The fourth-order valence-corrected chi connectivity index (χ4v) is 3.28. The molecule has 0 saturated heterocycles. The van der Waals surface area contributed by atoms with Crippen LogP contribution in [-0.4, -0.2) is 17.6 Å². The Morgan fingerprint density at radius 3 is 2.65 bits per heavy atom. The van der Waals surface area contributed by atoms with Crippen LogP contribution < -0.4 is 5.32 Å². The molecule has 3 nitrogen and oxygen atoms in total. The van der Waals surface area contributed by atoms with Crippen molar-refractivity contribution in [1.29, 1.82) is 0 Å². The summed E-state index contributed by atoms with van der Waals surface area (Å²) in [6.45, 7) is 0.300. The lowest BCUT2D eigenvalue weighted by molar-refractivity contribution is -0.122. The van der Waals surface area contributed by atoms with E-state index in [9.17, 15) is 9.90 Å². The van der Waals surface area contributed by atoms with Crippen LogP contribution in [0.3, 0.4) is 0 Å². The maximum absolute atomic E-state index is 12.0. The molecule has 3 heteroatoms. The molecule has 23 heavy (non-hydrogen) atoms. The van der Waals surface area contributed by atoms with Crippen molar-refractivity contribution < 1.29 is 9.90 Å². The van der Waals surface area contributed by atoms with E-state index in [-0.39, 0.29) is 5.91 Å². The van der Waals surface area contributed by atoms with Gasteiger partial charge in [0.2, 0.25) is 5.91 Å². The van der Waals surface area contributed by atoms with E-state index in [1.165, 1.54) is 11.1 Å². The van der Waals surface area contributed by atoms with Gasteiger partial charge in [0.25, 0.3) is 0 Å². The summed E-state index contributed by atoms with van der Waals surface area (Å²) in [4.78, 5) is 12.0. The van der Waals surface area contributed by atoms with Crippen LogP contribution in [0.4, 0.5) is 0 Å². The number of aryl methyl sites for hydroxylation is 2. The summed E-state index contributed by atoms with van der Waals surface area (Å²) in [6.07, 6.45) is 3.77. The van der Waals surface area contributed by atoms with Crippen LogP contribution in [0, 0.1) is 0 Å². The van der Waals surface area contributed by atoms with Gasteiger partial charge < -0.3 is 10.4 Å². The Kier molecular flexibility index (Phi) is 4.77. The smallest absolute Gasteiger partial charge is 0.220 e. The van der Waals surface area contributed by atoms with Gasteiger partial charge in [-0.1, -0.05) is 54.6 Å². The molecule has 3 rings (SSSR count). The van der Waals surface area contributed by atoms with Gasteiger partial charge in [-0.25, -0.2) is 0 Å². The van der Waals surface area contributed by atoms with Gasteiger partial charge in [0.1, 0.15) is 5.60 Å². The fraction of sp³-hybridized carbons (Fsp3) is 0.350. The molecule has 0 heterocycles. The highest BCUT2D eigenvalue weighted by molar-refractivity contribution is 5.76. The van der Waals surface area contributed by atoms with E-state index >= 15 is 0 Å². The monoisotopic (exact) mass is 309 g/mol. The highest BCUT2D eigenvalue weighted by atomic mass is 16.3. The van der Waals surface area contributed by atoms with Crippen LogP contribution in [0.25, 0.3) is 0 Å². The van der Waals surface area contributed by atoms with Crippen molar-refractivity contribution in [1.82, 2.24) is 5.32 Å². The lowest BCUT2D eigenvalue weighted by atomic mass is 9.96. The summed E-state index contributed by atoms with van der Waals surface area (Å²) in [7, 11) is 0. The molecule has 0 radical (unpaired) electrons. The van der Waals surface area contributed by atoms with Crippen molar-refractivity contribution in [2.75, 3.05) is 6.54 Å². The number of carbonyl (C=O) groups is 1. The largest absolute Gasteiger partial charge is 0.383 e. The van der Waals surface area contributed by atoms with Crippen molar-refractivity contribution in [2.24, 2.45) is 0 Å². The van der Waals surface area contributed by atoms with E-state index in [0.29, 0.717) is 19.4 Å². The van der Waals surface area contributed by atoms with Crippen molar-refractivity contribution in [3.8, 4) is 0 Å². The predicted molar refractivity (Wildman–Crippen MR) is 91.0 cm³/mol. The van der Waals surface area contributed by atoms with Crippen LogP contribution in [-0.2, 0) is 23.2 Å². The molecule has 0 saturated carbocycles. The Labute approximate surface area is 137 Å². The van der Waals surface area contributed by atoms with Crippen molar-refractivity contribution >= 4 is 5.91 Å². The van der Waals surface area contributed by atoms with Gasteiger partial charge >= 0.3 is 0 Å². The highest BCUT2D eigenvalue weighted by Crippen LogP contribution is 2.36. The second kappa shape index (κ2) is 6.97. The number of hydrogen-bond acceptors (Lipinski definition) is 2. The molecule has 1 aliphatic carbocycles. The van der Waals surface area contributed by atoms with E-state index in [0.717, 1.165) is 24.8 Å². The van der Waals surface area contributed by atoms with Crippen molar-refractivity contribution in [2.45, 2.75) is 37.7 Å². The number of rotatable bonds is 6. The van der Waals surface area contributed by atoms with Crippen molar-refractivity contribution in [3.63, 3.8) is 0 Å². The Hall–Kier alpha value is -2.13. The van der Waals surface area contributed by atoms with Gasteiger partial charge in [-0.15, -0.1) is 0 Å². The summed E-state index contributed by atoms with van der Waals surface area (Å²) >= 11 is 0. The third kappa shape index (κ3) is 3.80. The van der Waals surface area contributed by atoms with Gasteiger partial charge in [0.05, 0.1) is 6.54 Å². The maximum atomic E-state index is 12.0. The van der Waals surface area contributed by atoms with E-state index < -0.39 is 5.60 Å². The molecule has 0 aliphatic heterocycles. The number of amides is 1. The zero-order chi connectivity index (χ0) is 16.1. The Morgan fingerprint density at radius 1 is 1.09 bits per heavy atom. The van der Waals surface area contributed by atoms with Gasteiger partial charge in [-0.05, 0) is 42.4 Å². The molecule has 0 fully saturated rings. The average molecular weight is 309 g/mol. The summed E-state index contributed by atoms with van der Waals surface area (Å²) in [5.41, 5.74) is 2.49. The van der Waals surface area contributed by atoms with Crippen LogP contribution in [0.15, 0.2) is 54.6 Å². The molecule has 1 atom stereocenters. The summed E-state index contributed by atoms with van der Waals surface area (Å²) in [6, 6.07) is 18.1. The molecule has 2 N–H and O–H groups in total. The number of hydrogen-bond donors (Lipinski definition) is 2. The first-order valence-corrected chi connectivity index (χ1v) is 8.29. The molecule has 1 amide bonds. The van der Waals surface area contributed by atoms with Gasteiger partial charge in [0.15, 0.2) is 0 Å². The molecule has 1 unspecified atom stereocenters. The lowest BCUT2D eigenvalue weighted by Crippen LogP contribution is -2.39. The van der Waals surface area contributed by atoms with Crippen LogP contribution >= 0.6 is 0 Å². The molecule has 1 aliphatic rings. The van der Waals surface area contributed by atoms with Gasteiger partial charge in [-0.3, -0.25) is 4.79 Å². The minimum absolute atomic E-state index is 0.0127. The fourth-order valence-electron chi connectivity index (χ4n) is 3.28. The minimum atomic E-state index is -0.911. The zero-order valence-electron chi connectivity index (χ0n) is 13.3. The molecule has 0 aromatic heterocycles. The summed E-state index contributed by atoms with van der Waals surface area (Å²) < 4.78 is 0. The SMILES string of the molecule is O=C(CCCc1ccccc1)NCC1(O)CCc2ccccc21. The maximum Gasteiger partial charge on any atom is 0.220 e. The number of carbonyl (C=O) groups excluding carboxylic acids is 1. The number of aliphatic hydroxyl groups is 1. The summed E-state index contributed by atoms with van der Waals surface area (Å²) in [5.74, 6) is 0.0127. The molecule has 2 aromatic carbocycles. The van der Waals surface area contributed by atoms with E-state index in [1.54, 1.807) is 0 Å². The topological polar surface area (TPSA) is 49.3 Å². The Balaban J connectivity index is 1.46. The van der Waals surface area contributed by atoms with Crippen molar-refractivity contribution in [3.05, 3.63) is 71.3 Å². The molecule has 0 spiro atoms. The molecule has 2 aromatic rings. The first kappa shape index (κ1) is 15.8. The predicted octanol–water partition coefficient (Wildman–Crippen LogP) is 2.96. The Bertz CT molecular complexity index is 668. The zero-order valence-corrected chi connectivity index (χ0v) is 13.3. The molecule has 120 valence electrons. The first-order valence-electron chi connectivity index (χ1n) is 8.29. The normalized spacial score (nSPS) is 19.3. The van der Waals surface area contributed by atoms with Crippen LogP contribution in [0.1, 0.15) is 36.0 Å². The van der Waals surface area contributed by atoms with Gasteiger partial charge in [0, 0.05) is 6.42 Å². The van der Waals surface area contributed by atoms with E-state index in [1.807, 2.05) is 36.4 Å². The number of fused-ring (bicyclic) bond motifs is 1. The first-order chi connectivity index (χ1) is 11.2. The molecular weight excluding hydrogens is 286 g/mol. The number of nitrogens with one attached hydrogen (secondary N) is 1. The number of benzene rings is 2. The third-order valence-corrected chi connectivity index (χ3v) is 4.62. The average Bonchev–Trinajstić information content (AvgIpc) is 2.92. The van der Waals surface area contributed by atoms with Crippen LogP contribution in [0.5, 0.6) is 0 Å². The third-order valence-electron chi connectivity index (χ3n) is 4.62. The highest BCUT2D eigenvalue weighted by Gasteiger charge is 2.36. The second-order valence-corrected chi connectivity index (χ2v) is 6.30. The minimum Gasteiger partial charge on any atom is -0.383 e. The van der Waals surface area contributed by atoms with Gasteiger partial charge in [-0.2, -0.15) is 0 Å². The van der Waals surface area contributed by atoms with Crippen LogP contribution in [0.2, 0.25) is 0 Å². The quantitative estimate of drug-likeness (QED) is 0.862. The summed E-state index contributed by atoms with van der Waals surface area (Å²) in [5, 5.41) is 13.7. The molecular formula is C20H23NO2. The lowest BCUT2D eigenvalue weighted by Gasteiger charge is -2.24. The Morgan fingerprint density at radius 2 is 1.83 bits per heavy atom. The second-order valence-electron chi connectivity index (χ2n) is 6.30. The molecule has 0 bridgehead atoms. The standard InChI is InChI=1S/C20H23NO2/c22-19(12-6-9-16-7-2-1-3-8-16)21-15-20(23)14-13-17-10-4-5-11-18(17)20/h1-5,7-8,10-11,23H,6,9,12-15H2,(H,21,22).